The van der Waals surface area contributed by atoms with E-state index in [0.717, 1.165) is 48.7 Å². The third-order valence-corrected chi connectivity index (χ3v) is 5.27. The summed E-state index contributed by atoms with van der Waals surface area (Å²) in [6, 6.07) is 8.55. The maximum absolute atomic E-state index is 5.95. The lowest BCUT2D eigenvalue weighted by Crippen LogP contribution is -2.35. The molecule has 6 heteroatoms. The first-order valence-corrected chi connectivity index (χ1v) is 9.12. The summed E-state index contributed by atoms with van der Waals surface area (Å²) >= 11 is 0. The number of piperidine rings is 1. The molecule has 6 nitrogen and oxygen atoms in total. The van der Waals surface area contributed by atoms with Gasteiger partial charge in [0.15, 0.2) is 5.58 Å². The molecule has 1 aromatic carbocycles. The summed E-state index contributed by atoms with van der Waals surface area (Å²) in [5.41, 5.74) is 1.80. The summed E-state index contributed by atoms with van der Waals surface area (Å²) < 4.78 is 8.15. The molecule has 1 aliphatic rings. The Morgan fingerprint density at radius 2 is 1.88 bits per heavy atom. The van der Waals surface area contributed by atoms with Crippen molar-refractivity contribution in [2.75, 3.05) is 13.1 Å². The molecule has 0 spiro atoms. The third-order valence-electron chi connectivity index (χ3n) is 5.27. The van der Waals surface area contributed by atoms with Crippen molar-refractivity contribution >= 4 is 11.1 Å². The highest BCUT2D eigenvalue weighted by molar-refractivity contribution is 5.72. The molecule has 0 amide bonds. The summed E-state index contributed by atoms with van der Waals surface area (Å²) in [4.78, 5) is 7.11. The van der Waals surface area contributed by atoms with Crippen molar-refractivity contribution < 1.29 is 4.42 Å². The number of aromatic nitrogens is 4. The van der Waals surface area contributed by atoms with Crippen molar-refractivity contribution in [3.63, 3.8) is 0 Å². The van der Waals surface area contributed by atoms with Gasteiger partial charge < -0.3 is 8.98 Å². The number of fused-ring (bicyclic) bond motifs is 1. The van der Waals surface area contributed by atoms with E-state index in [2.05, 4.69) is 45.4 Å². The monoisotopic (exact) mass is 339 g/mol. The molecular formula is C19H25N5O. The zero-order valence-corrected chi connectivity index (χ0v) is 15.1. The molecule has 0 saturated carbocycles. The average molecular weight is 339 g/mol. The van der Waals surface area contributed by atoms with E-state index in [1.54, 1.807) is 0 Å². The van der Waals surface area contributed by atoms with Gasteiger partial charge in [0.05, 0.1) is 6.04 Å². The normalized spacial score (nSPS) is 18.2. The first kappa shape index (κ1) is 16.3. The molecular weight excluding hydrogens is 314 g/mol. The lowest BCUT2D eigenvalue weighted by atomic mass is 9.94. The zero-order chi connectivity index (χ0) is 17.4. The fourth-order valence-electron chi connectivity index (χ4n) is 3.71. The van der Waals surface area contributed by atoms with E-state index >= 15 is 0 Å². The predicted octanol–water partition coefficient (Wildman–Crippen LogP) is 3.94. The Morgan fingerprint density at radius 3 is 2.60 bits per heavy atom. The van der Waals surface area contributed by atoms with Gasteiger partial charge >= 0.3 is 0 Å². The van der Waals surface area contributed by atoms with Crippen LogP contribution in [-0.2, 0) is 0 Å². The molecule has 1 aliphatic heterocycles. The largest absolute Gasteiger partial charge is 0.439 e. The van der Waals surface area contributed by atoms with E-state index in [4.69, 9.17) is 4.42 Å². The van der Waals surface area contributed by atoms with Gasteiger partial charge in [-0.1, -0.05) is 12.1 Å². The van der Waals surface area contributed by atoms with Crippen LogP contribution in [0.15, 0.2) is 35.0 Å². The Bertz CT molecular complexity index is 811. The number of oxazole rings is 1. The Morgan fingerprint density at radius 1 is 1.12 bits per heavy atom. The van der Waals surface area contributed by atoms with Gasteiger partial charge in [0, 0.05) is 12.0 Å². The molecule has 1 fully saturated rings. The molecule has 2 aromatic heterocycles. The Kier molecular flexibility index (Phi) is 4.29. The topological polar surface area (TPSA) is 60.0 Å². The maximum Gasteiger partial charge on any atom is 0.212 e. The van der Waals surface area contributed by atoms with Crippen molar-refractivity contribution in [3.8, 4) is 0 Å². The zero-order valence-electron chi connectivity index (χ0n) is 15.1. The van der Waals surface area contributed by atoms with Gasteiger partial charge in [0.25, 0.3) is 0 Å². The van der Waals surface area contributed by atoms with Crippen LogP contribution in [0.5, 0.6) is 0 Å². The average Bonchev–Trinajstić information content (AvgIpc) is 3.28. The van der Waals surface area contributed by atoms with E-state index in [9.17, 15) is 0 Å². The van der Waals surface area contributed by atoms with Gasteiger partial charge in [-0.25, -0.2) is 4.98 Å². The Balaban J connectivity index is 1.45. The van der Waals surface area contributed by atoms with E-state index in [1.807, 2.05) is 30.6 Å². The van der Waals surface area contributed by atoms with Crippen molar-refractivity contribution in [2.24, 2.45) is 0 Å². The third kappa shape index (κ3) is 3.06. The van der Waals surface area contributed by atoms with Crippen LogP contribution in [0.4, 0.5) is 0 Å². The van der Waals surface area contributed by atoms with Crippen LogP contribution < -0.4 is 0 Å². The van der Waals surface area contributed by atoms with Gasteiger partial charge in [-0.15, -0.1) is 10.2 Å². The molecule has 25 heavy (non-hydrogen) atoms. The molecule has 0 bridgehead atoms. The van der Waals surface area contributed by atoms with Crippen LogP contribution in [0.1, 0.15) is 63.3 Å². The fraction of sp³-hybridized carbons (Fsp3) is 0.526. The van der Waals surface area contributed by atoms with E-state index in [0.29, 0.717) is 12.0 Å². The highest BCUT2D eigenvalue weighted by Gasteiger charge is 2.29. The van der Waals surface area contributed by atoms with Crippen LogP contribution in [0.25, 0.3) is 11.1 Å². The van der Waals surface area contributed by atoms with Gasteiger partial charge in [-0.05, 0) is 58.8 Å². The maximum atomic E-state index is 5.95. The second-order valence-electron chi connectivity index (χ2n) is 7.20. The predicted molar refractivity (Wildman–Crippen MR) is 96.4 cm³/mol. The van der Waals surface area contributed by atoms with Crippen LogP contribution in [-0.4, -0.2) is 37.7 Å². The first-order chi connectivity index (χ1) is 12.1. The number of para-hydroxylation sites is 2. The minimum absolute atomic E-state index is 0.191. The van der Waals surface area contributed by atoms with E-state index < -0.39 is 0 Å². The van der Waals surface area contributed by atoms with Crippen molar-refractivity contribution in [3.05, 3.63) is 42.3 Å². The van der Waals surface area contributed by atoms with Gasteiger partial charge in [0.2, 0.25) is 5.89 Å². The Hall–Kier alpha value is -2.21. The SMILES string of the molecule is CC(C)n1cnnc1C1CCN([C@@H](C)c2nc3ccccc3o2)CC1. The molecule has 3 aromatic rings. The summed E-state index contributed by atoms with van der Waals surface area (Å²) in [7, 11) is 0. The van der Waals surface area contributed by atoms with E-state index in [-0.39, 0.29) is 6.04 Å². The van der Waals surface area contributed by atoms with Crippen LogP contribution in [0.2, 0.25) is 0 Å². The smallest absolute Gasteiger partial charge is 0.212 e. The van der Waals surface area contributed by atoms with Gasteiger partial charge in [-0.2, -0.15) is 0 Å². The summed E-state index contributed by atoms with van der Waals surface area (Å²) in [6.07, 6.45) is 4.04. The quantitative estimate of drug-likeness (QED) is 0.720. The molecule has 4 rings (SSSR count). The molecule has 0 radical (unpaired) electrons. The molecule has 132 valence electrons. The molecule has 3 heterocycles. The molecule has 0 N–H and O–H groups in total. The van der Waals surface area contributed by atoms with Gasteiger partial charge in [-0.3, -0.25) is 4.90 Å². The van der Waals surface area contributed by atoms with Crippen LogP contribution >= 0.6 is 0 Å². The number of nitrogens with zero attached hydrogens (tertiary/aromatic N) is 5. The first-order valence-electron chi connectivity index (χ1n) is 9.12. The van der Waals surface area contributed by atoms with E-state index in [1.165, 1.54) is 0 Å². The van der Waals surface area contributed by atoms with Crippen molar-refractivity contribution in [1.29, 1.82) is 0 Å². The Labute approximate surface area is 147 Å². The number of hydrogen-bond donors (Lipinski definition) is 0. The number of hydrogen-bond acceptors (Lipinski definition) is 5. The lowest BCUT2D eigenvalue weighted by Gasteiger charge is -2.34. The minimum Gasteiger partial charge on any atom is -0.439 e. The van der Waals surface area contributed by atoms with Crippen LogP contribution in [0.3, 0.4) is 0 Å². The lowest BCUT2D eigenvalue weighted by molar-refractivity contribution is 0.141. The molecule has 0 aliphatic carbocycles. The summed E-state index contributed by atoms with van der Waals surface area (Å²) in [5.74, 6) is 2.42. The molecule has 1 atom stereocenters. The number of benzene rings is 1. The second kappa shape index (κ2) is 6.59. The minimum atomic E-state index is 0.191. The van der Waals surface area contributed by atoms with Gasteiger partial charge in [0.1, 0.15) is 17.7 Å². The highest BCUT2D eigenvalue weighted by Crippen LogP contribution is 2.32. The van der Waals surface area contributed by atoms with Crippen molar-refractivity contribution in [2.45, 2.75) is 51.6 Å². The fourth-order valence-corrected chi connectivity index (χ4v) is 3.71. The summed E-state index contributed by atoms with van der Waals surface area (Å²) in [6.45, 7) is 8.58. The molecule has 0 unspecified atom stereocenters. The van der Waals surface area contributed by atoms with Crippen molar-refractivity contribution in [1.82, 2.24) is 24.6 Å². The number of rotatable bonds is 4. The second-order valence-corrected chi connectivity index (χ2v) is 7.20. The summed E-state index contributed by atoms with van der Waals surface area (Å²) in [5, 5.41) is 8.50. The number of likely N-dealkylation sites (tertiary alicyclic amines) is 1. The van der Waals surface area contributed by atoms with Crippen LogP contribution in [0, 0.1) is 0 Å². The highest BCUT2D eigenvalue weighted by atomic mass is 16.3. The standard InChI is InChI=1S/C19H25N5O/c1-13(2)24-12-20-22-18(24)15-8-10-23(11-9-15)14(3)19-21-16-6-4-5-7-17(16)25-19/h4-7,12-15H,8-11H2,1-3H3/t14-/m0/s1. The molecule has 1 saturated heterocycles.